The number of carbonyl (C=O) groups is 1. The van der Waals surface area contributed by atoms with Crippen LogP contribution in [-0.4, -0.2) is 68.1 Å². The number of carbonyl (C=O) groups excluding carboxylic acids is 1. The summed E-state index contributed by atoms with van der Waals surface area (Å²) < 4.78 is 29.9. The molecule has 0 saturated carbocycles. The van der Waals surface area contributed by atoms with Gasteiger partial charge in [0.25, 0.3) is 6.43 Å². The highest BCUT2D eigenvalue weighted by molar-refractivity contribution is 5.84. The second kappa shape index (κ2) is 9.00. The largest absolute Gasteiger partial charge is 0.459 e. The standard InChI is InChI=1S/C15H28F2N4O2/c1-15(2,3)23-13(22)9-19-14(18-4)20-11-5-7-21(8-6-11)10-12(16)17/h11-12H,5-10H2,1-4H3,(H2,18,19,20). The minimum Gasteiger partial charge on any atom is -0.459 e. The average molecular weight is 334 g/mol. The van der Waals surface area contributed by atoms with Crippen molar-refractivity contribution in [2.24, 2.45) is 4.99 Å². The molecule has 0 aromatic rings. The molecule has 0 bridgehead atoms. The number of hydrogen-bond donors (Lipinski definition) is 2. The van der Waals surface area contributed by atoms with Gasteiger partial charge in [-0.2, -0.15) is 0 Å². The van der Waals surface area contributed by atoms with E-state index in [4.69, 9.17) is 4.74 Å². The van der Waals surface area contributed by atoms with Gasteiger partial charge in [-0.05, 0) is 33.6 Å². The van der Waals surface area contributed by atoms with Crippen molar-refractivity contribution in [2.45, 2.75) is 51.7 Å². The summed E-state index contributed by atoms with van der Waals surface area (Å²) in [5.41, 5.74) is -0.521. The Bertz CT molecular complexity index is 403. The molecule has 1 saturated heterocycles. The van der Waals surface area contributed by atoms with Crippen LogP contribution in [0.4, 0.5) is 8.78 Å². The summed E-state index contributed by atoms with van der Waals surface area (Å²) in [6.45, 7) is 6.55. The first-order chi connectivity index (χ1) is 10.7. The number of halogens is 2. The van der Waals surface area contributed by atoms with Crippen LogP contribution >= 0.6 is 0 Å². The second-order valence-electron chi connectivity index (χ2n) is 6.62. The number of hydrogen-bond acceptors (Lipinski definition) is 4. The molecule has 0 radical (unpaired) electrons. The Hall–Kier alpha value is -1.44. The maximum Gasteiger partial charge on any atom is 0.325 e. The zero-order valence-corrected chi connectivity index (χ0v) is 14.4. The number of nitrogens with one attached hydrogen (secondary N) is 2. The fourth-order valence-electron chi connectivity index (χ4n) is 2.38. The van der Waals surface area contributed by atoms with Crippen LogP contribution in [0.5, 0.6) is 0 Å². The van der Waals surface area contributed by atoms with Gasteiger partial charge in [0, 0.05) is 26.2 Å². The number of likely N-dealkylation sites (tertiary alicyclic amines) is 1. The summed E-state index contributed by atoms with van der Waals surface area (Å²) in [6, 6.07) is 0.161. The van der Waals surface area contributed by atoms with Crippen molar-refractivity contribution in [1.82, 2.24) is 15.5 Å². The molecule has 1 heterocycles. The van der Waals surface area contributed by atoms with E-state index in [9.17, 15) is 13.6 Å². The fourth-order valence-corrected chi connectivity index (χ4v) is 2.38. The molecular formula is C15H28F2N4O2. The van der Waals surface area contributed by atoms with Crippen molar-refractivity contribution in [3.63, 3.8) is 0 Å². The van der Waals surface area contributed by atoms with Crippen molar-refractivity contribution in [3.05, 3.63) is 0 Å². The lowest BCUT2D eigenvalue weighted by molar-refractivity contribution is -0.153. The van der Waals surface area contributed by atoms with Crippen LogP contribution in [-0.2, 0) is 9.53 Å². The lowest BCUT2D eigenvalue weighted by Gasteiger charge is -2.32. The molecule has 0 unspecified atom stereocenters. The monoisotopic (exact) mass is 334 g/mol. The highest BCUT2D eigenvalue weighted by Crippen LogP contribution is 2.11. The van der Waals surface area contributed by atoms with Crippen LogP contribution in [0.1, 0.15) is 33.6 Å². The van der Waals surface area contributed by atoms with E-state index in [1.54, 1.807) is 11.9 Å². The number of ether oxygens (including phenoxy) is 1. The van der Waals surface area contributed by atoms with Crippen molar-refractivity contribution < 1.29 is 18.3 Å². The minimum atomic E-state index is -2.29. The number of alkyl halides is 2. The highest BCUT2D eigenvalue weighted by Gasteiger charge is 2.22. The molecule has 2 N–H and O–H groups in total. The molecule has 1 aliphatic heterocycles. The molecule has 8 heteroatoms. The maximum atomic E-state index is 12.3. The average Bonchev–Trinajstić information content (AvgIpc) is 2.42. The lowest BCUT2D eigenvalue weighted by atomic mass is 10.1. The molecule has 6 nitrogen and oxygen atoms in total. The number of esters is 1. The third-order valence-corrected chi connectivity index (χ3v) is 3.37. The minimum absolute atomic E-state index is 0.0289. The third kappa shape index (κ3) is 8.68. The smallest absolute Gasteiger partial charge is 0.325 e. The van der Waals surface area contributed by atoms with E-state index >= 15 is 0 Å². The predicted molar refractivity (Wildman–Crippen MR) is 85.8 cm³/mol. The SMILES string of the molecule is CN=C(NCC(=O)OC(C)(C)C)NC1CCN(CC(F)F)CC1. The molecule has 1 fully saturated rings. The molecular weight excluding hydrogens is 306 g/mol. The van der Waals surface area contributed by atoms with E-state index < -0.39 is 12.0 Å². The molecule has 0 aromatic carbocycles. The number of guanidine groups is 1. The van der Waals surface area contributed by atoms with Gasteiger partial charge in [0.2, 0.25) is 0 Å². The zero-order chi connectivity index (χ0) is 17.5. The van der Waals surface area contributed by atoms with Crippen LogP contribution in [0.25, 0.3) is 0 Å². The van der Waals surface area contributed by atoms with Crippen molar-refractivity contribution in [3.8, 4) is 0 Å². The van der Waals surface area contributed by atoms with Crippen LogP contribution in [0.15, 0.2) is 4.99 Å². The van der Waals surface area contributed by atoms with Gasteiger partial charge in [-0.3, -0.25) is 14.7 Å². The van der Waals surface area contributed by atoms with Gasteiger partial charge in [0.15, 0.2) is 5.96 Å². The summed E-state index contributed by atoms with van der Waals surface area (Å²) in [5.74, 6) is 0.162. The van der Waals surface area contributed by atoms with Crippen molar-refractivity contribution >= 4 is 11.9 Å². The number of aliphatic imine (C=N–C) groups is 1. The van der Waals surface area contributed by atoms with Gasteiger partial charge in [0.1, 0.15) is 12.1 Å². The molecule has 134 valence electrons. The number of piperidine rings is 1. The van der Waals surface area contributed by atoms with Crippen LogP contribution in [0.2, 0.25) is 0 Å². The molecule has 0 aliphatic carbocycles. The predicted octanol–water partition coefficient (Wildman–Crippen LogP) is 1.22. The van der Waals surface area contributed by atoms with Gasteiger partial charge in [0.05, 0.1) is 6.54 Å². The quantitative estimate of drug-likeness (QED) is 0.450. The lowest BCUT2D eigenvalue weighted by Crippen LogP contribution is -2.50. The van der Waals surface area contributed by atoms with Crippen molar-refractivity contribution in [1.29, 1.82) is 0 Å². The highest BCUT2D eigenvalue weighted by atomic mass is 19.3. The Kier molecular flexibility index (Phi) is 7.67. The number of nitrogens with zero attached hydrogens (tertiary/aromatic N) is 2. The molecule has 1 rings (SSSR count). The fraction of sp³-hybridized carbons (Fsp3) is 0.867. The molecule has 0 amide bonds. The van der Waals surface area contributed by atoms with Crippen LogP contribution < -0.4 is 10.6 Å². The molecule has 0 atom stereocenters. The van der Waals surface area contributed by atoms with E-state index in [0.29, 0.717) is 19.0 Å². The van der Waals surface area contributed by atoms with Crippen molar-refractivity contribution in [2.75, 3.05) is 33.2 Å². The van der Waals surface area contributed by atoms with E-state index in [-0.39, 0.29) is 25.1 Å². The topological polar surface area (TPSA) is 66.0 Å². The summed E-state index contributed by atoms with van der Waals surface area (Å²) in [4.78, 5) is 17.5. The Balaban J connectivity index is 2.31. The Morgan fingerprint density at radius 3 is 2.43 bits per heavy atom. The normalized spacial score (nSPS) is 18.1. The van der Waals surface area contributed by atoms with E-state index in [1.807, 2.05) is 20.8 Å². The molecule has 23 heavy (non-hydrogen) atoms. The third-order valence-electron chi connectivity index (χ3n) is 3.37. The Morgan fingerprint density at radius 1 is 1.35 bits per heavy atom. The van der Waals surface area contributed by atoms with E-state index in [1.165, 1.54) is 0 Å². The van der Waals surface area contributed by atoms with Crippen LogP contribution in [0, 0.1) is 0 Å². The Labute approximate surface area is 136 Å². The summed E-state index contributed by atoms with van der Waals surface area (Å²) >= 11 is 0. The molecule has 0 aromatic heterocycles. The second-order valence-corrected chi connectivity index (χ2v) is 6.62. The summed E-state index contributed by atoms with van der Waals surface area (Å²) in [5, 5.41) is 6.13. The summed E-state index contributed by atoms with van der Waals surface area (Å²) in [7, 11) is 1.62. The number of rotatable bonds is 5. The van der Waals surface area contributed by atoms with Crippen LogP contribution in [0.3, 0.4) is 0 Å². The molecule has 0 spiro atoms. The summed E-state index contributed by atoms with van der Waals surface area (Å²) in [6.07, 6.45) is -0.762. The first-order valence-corrected chi connectivity index (χ1v) is 7.89. The molecule has 1 aliphatic rings. The van der Waals surface area contributed by atoms with Gasteiger partial charge in [-0.15, -0.1) is 0 Å². The van der Waals surface area contributed by atoms with Gasteiger partial charge in [-0.1, -0.05) is 0 Å². The van der Waals surface area contributed by atoms with Gasteiger partial charge < -0.3 is 15.4 Å². The first kappa shape index (κ1) is 19.6. The van der Waals surface area contributed by atoms with E-state index in [2.05, 4.69) is 15.6 Å². The first-order valence-electron chi connectivity index (χ1n) is 7.89. The van der Waals surface area contributed by atoms with Gasteiger partial charge in [-0.25, -0.2) is 8.78 Å². The zero-order valence-electron chi connectivity index (χ0n) is 14.4. The Morgan fingerprint density at radius 2 is 1.96 bits per heavy atom. The van der Waals surface area contributed by atoms with Gasteiger partial charge >= 0.3 is 5.97 Å². The van der Waals surface area contributed by atoms with E-state index in [0.717, 1.165) is 12.8 Å². The maximum absolute atomic E-state index is 12.3.